The van der Waals surface area contributed by atoms with E-state index in [4.69, 9.17) is 0 Å². The van der Waals surface area contributed by atoms with Crippen LogP contribution in [0.5, 0.6) is 0 Å². The van der Waals surface area contributed by atoms with Crippen LogP contribution < -0.4 is 5.32 Å². The summed E-state index contributed by atoms with van der Waals surface area (Å²) in [6.45, 7) is 0. The molecule has 1 fully saturated rings. The van der Waals surface area contributed by atoms with Gasteiger partial charge in [-0.1, -0.05) is 18.2 Å². The van der Waals surface area contributed by atoms with Crippen molar-refractivity contribution in [3.63, 3.8) is 0 Å². The van der Waals surface area contributed by atoms with Crippen LogP contribution in [0.4, 0.5) is 27.6 Å². The van der Waals surface area contributed by atoms with Crippen molar-refractivity contribution in [3.05, 3.63) is 69.9 Å². The zero-order valence-electron chi connectivity index (χ0n) is 12.1. The first-order valence-electron chi connectivity index (χ1n) is 6.74. The predicted octanol–water partition coefficient (Wildman–Crippen LogP) is 4.27. The van der Waals surface area contributed by atoms with E-state index >= 15 is 0 Å². The van der Waals surface area contributed by atoms with Crippen molar-refractivity contribution in [1.29, 1.82) is 0 Å². The second-order valence-corrected chi connectivity index (χ2v) is 5.83. The van der Waals surface area contributed by atoms with E-state index < -0.39 is 40.6 Å². The summed E-state index contributed by atoms with van der Waals surface area (Å²) in [7, 11) is 0. The Bertz CT molecular complexity index is 899. The zero-order valence-corrected chi connectivity index (χ0v) is 12.9. The van der Waals surface area contributed by atoms with Crippen molar-refractivity contribution < 1.29 is 26.7 Å². The summed E-state index contributed by atoms with van der Waals surface area (Å²) in [4.78, 5) is 15.7. The Morgan fingerprint density at radius 1 is 0.880 bits per heavy atom. The van der Waals surface area contributed by atoms with Crippen LogP contribution in [-0.2, 0) is 4.79 Å². The van der Waals surface area contributed by atoms with Crippen molar-refractivity contribution in [2.75, 3.05) is 0 Å². The topological polar surface area (TPSA) is 41.5 Å². The Kier molecular flexibility index (Phi) is 4.58. The maximum atomic E-state index is 13.7. The highest BCUT2D eigenvalue weighted by Gasteiger charge is 2.28. The second-order valence-electron chi connectivity index (χ2n) is 4.80. The Labute approximate surface area is 142 Å². The molecule has 0 bridgehead atoms. The number of carbonyl (C=O) groups is 1. The lowest BCUT2D eigenvalue weighted by atomic mass is 10.1. The molecule has 0 unspecified atom stereocenters. The molecule has 3 rings (SSSR count). The van der Waals surface area contributed by atoms with E-state index in [9.17, 15) is 26.7 Å². The van der Waals surface area contributed by atoms with Gasteiger partial charge in [0.1, 0.15) is 0 Å². The molecular weight excluding hydrogens is 363 g/mol. The van der Waals surface area contributed by atoms with Gasteiger partial charge in [-0.15, -0.1) is 0 Å². The van der Waals surface area contributed by atoms with Crippen molar-refractivity contribution in [3.8, 4) is 0 Å². The molecule has 0 radical (unpaired) electrons. The number of para-hydroxylation sites is 1. The van der Waals surface area contributed by atoms with Gasteiger partial charge in [0, 0.05) is 0 Å². The van der Waals surface area contributed by atoms with E-state index in [2.05, 4.69) is 10.3 Å². The third-order valence-electron chi connectivity index (χ3n) is 3.16. The maximum absolute atomic E-state index is 13.7. The van der Waals surface area contributed by atoms with E-state index in [1.165, 1.54) is 0 Å². The highest BCUT2D eigenvalue weighted by atomic mass is 32.2. The van der Waals surface area contributed by atoms with Gasteiger partial charge in [0.05, 0.1) is 16.2 Å². The highest BCUT2D eigenvalue weighted by molar-refractivity contribution is 8.18. The standard InChI is InChI=1S/C16H7F5N2OS/c17-10-8(11(18)13(20)14(21)12(10)19)6-9-15(24)23-16(25-9)22-7-4-2-1-3-5-7/h1-6H,(H,22,23,24)/b9-6+. The van der Waals surface area contributed by atoms with Gasteiger partial charge in [0.2, 0.25) is 5.82 Å². The largest absolute Gasteiger partial charge is 0.300 e. The van der Waals surface area contributed by atoms with Gasteiger partial charge in [-0.25, -0.2) is 26.9 Å². The molecule has 1 amide bonds. The molecule has 0 spiro atoms. The van der Waals surface area contributed by atoms with Crippen LogP contribution in [0.3, 0.4) is 0 Å². The van der Waals surface area contributed by atoms with E-state index in [-0.39, 0.29) is 10.1 Å². The molecule has 0 aliphatic carbocycles. The smallest absolute Gasteiger partial charge is 0.264 e. The summed E-state index contributed by atoms with van der Waals surface area (Å²) >= 11 is 0.720. The van der Waals surface area contributed by atoms with Gasteiger partial charge in [0.15, 0.2) is 28.4 Å². The number of nitrogens with one attached hydrogen (secondary N) is 1. The van der Waals surface area contributed by atoms with Gasteiger partial charge in [-0.05, 0) is 30.0 Å². The van der Waals surface area contributed by atoms with Crippen LogP contribution in [0.2, 0.25) is 0 Å². The van der Waals surface area contributed by atoms with Gasteiger partial charge < -0.3 is 5.32 Å². The number of hydrogen-bond acceptors (Lipinski definition) is 3. The Morgan fingerprint density at radius 3 is 2.04 bits per heavy atom. The number of nitrogens with zero attached hydrogens (tertiary/aromatic N) is 1. The summed E-state index contributed by atoms with van der Waals surface area (Å²) < 4.78 is 66.9. The average Bonchev–Trinajstić information content (AvgIpc) is 2.95. The molecule has 1 heterocycles. The summed E-state index contributed by atoms with van der Waals surface area (Å²) in [6.07, 6.45) is 0.601. The summed E-state index contributed by atoms with van der Waals surface area (Å²) in [5.74, 6) is -11.2. The fourth-order valence-electron chi connectivity index (χ4n) is 1.98. The lowest BCUT2D eigenvalue weighted by Crippen LogP contribution is -2.19. The minimum Gasteiger partial charge on any atom is -0.300 e. The first-order valence-corrected chi connectivity index (χ1v) is 7.56. The molecule has 0 saturated carbocycles. The predicted molar refractivity (Wildman–Crippen MR) is 83.5 cm³/mol. The number of halogens is 5. The monoisotopic (exact) mass is 370 g/mol. The van der Waals surface area contributed by atoms with Crippen molar-refractivity contribution in [1.82, 2.24) is 5.32 Å². The molecule has 25 heavy (non-hydrogen) atoms. The number of amides is 1. The minimum absolute atomic E-state index is 0.117. The minimum atomic E-state index is -2.26. The third kappa shape index (κ3) is 3.27. The average molecular weight is 370 g/mol. The lowest BCUT2D eigenvalue weighted by molar-refractivity contribution is -0.115. The third-order valence-corrected chi connectivity index (χ3v) is 4.07. The molecule has 0 aromatic heterocycles. The molecule has 128 valence electrons. The molecule has 1 N–H and O–H groups in total. The van der Waals surface area contributed by atoms with Crippen molar-refractivity contribution in [2.45, 2.75) is 0 Å². The molecule has 3 nitrogen and oxygen atoms in total. The van der Waals surface area contributed by atoms with Gasteiger partial charge in [-0.3, -0.25) is 4.79 Å². The van der Waals surface area contributed by atoms with Crippen LogP contribution in [0, 0.1) is 29.1 Å². The Balaban J connectivity index is 1.98. The highest BCUT2D eigenvalue weighted by Crippen LogP contribution is 2.31. The summed E-state index contributed by atoms with van der Waals surface area (Å²) in [5, 5.41) is 2.47. The number of amidine groups is 1. The maximum Gasteiger partial charge on any atom is 0.264 e. The van der Waals surface area contributed by atoms with E-state index in [1.807, 2.05) is 0 Å². The van der Waals surface area contributed by atoms with Crippen LogP contribution in [0.1, 0.15) is 5.56 Å². The molecule has 2 aromatic rings. The Hall–Kier alpha value is -2.68. The van der Waals surface area contributed by atoms with Crippen LogP contribution in [-0.4, -0.2) is 11.1 Å². The molecular formula is C16H7F5N2OS. The van der Waals surface area contributed by atoms with E-state index in [1.54, 1.807) is 30.3 Å². The normalized spacial score (nSPS) is 17.4. The van der Waals surface area contributed by atoms with Gasteiger partial charge >= 0.3 is 0 Å². The van der Waals surface area contributed by atoms with Crippen molar-refractivity contribution in [2.24, 2.45) is 4.99 Å². The van der Waals surface area contributed by atoms with Crippen LogP contribution in [0.15, 0.2) is 40.2 Å². The molecule has 9 heteroatoms. The number of carbonyl (C=O) groups excluding carboxylic acids is 1. The first-order chi connectivity index (χ1) is 11.9. The molecule has 1 aliphatic rings. The number of thioether (sulfide) groups is 1. The number of aliphatic imine (C=N–C) groups is 1. The van der Waals surface area contributed by atoms with Gasteiger partial charge in [-0.2, -0.15) is 0 Å². The summed E-state index contributed by atoms with van der Waals surface area (Å²) in [5.41, 5.74) is -0.669. The number of benzene rings is 2. The fraction of sp³-hybridized carbons (Fsp3) is 0. The molecule has 1 aliphatic heterocycles. The zero-order chi connectivity index (χ0) is 18.1. The first kappa shape index (κ1) is 17.2. The lowest BCUT2D eigenvalue weighted by Gasteiger charge is -2.04. The SMILES string of the molecule is O=C1NC(=Nc2ccccc2)S/C1=C/c1c(F)c(F)c(F)c(F)c1F. The fourth-order valence-corrected chi connectivity index (χ4v) is 2.80. The van der Waals surface area contributed by atoms with Crippen molar-refractivity contribution >= 4 is 34.6 Å². The number of rotatable bonds is 2. The summed E-state index contributed by atoms with van der Waals surface area (Å²) in [6, 6.07) is 8.51. The quantitative estimate of drug-likeness (QED) is 0.371. The number of hydrogen-bond donors (Lipinski definition) is 1. The van der Waals surface area contributed by atoms with E-state index in [0.717, 1.165) is 11.8 Å². The molecule has 2 aromatic carbocycles. The molecule has 1 saturated heterocycles. The second kappa shape index (κ2) is 6.67. The van der Waals surface area contributed by atoms with Gasteiger partial charge in [0.25, 0.3) is 5.91 Å². The van der Waals surface area contributed by atoms with Crippen LogP contribution >= 0.6 is 11.8 Å². The Morgan fingerprint density at radius 2 is 1.44 bits per heavy atom. The molecule has 0 atom stereocenters. The van der Waals surface area contributed by atoms with Crippen LogP contribution in [0.25, 0.3) is 6.08 Å². The van der Waals surface area contributed by atoms with E-state index in [0.29, 0.717) is 11.8 Å².